The van der Waals surface area contributed by atoms with Crippen molar-refractivity contribution in [2.75, 3.05) is 0 Å². The molecular formula is C11H11FO3. The fraction of sp³-hybridized carbons (Fsp3) is 0.273. The number of benzene rings is 1. The highest BCUT2D eigenvalue weighted by Crippen LogP contribution is 2.16. The Bertz CT molecular complexity index is 387. The van der Waals surface area contributed by atoms with Gasteiger partial charge in [-0.2, -0.15) is 0 Å². The van der Waals surface area contributed by atoms with Crippen LogP contribution >= 0.6 is 0 Å². The van der Waals surface area contributed by atoms with E-state index < -0.39 is 11.8 Å². The number of aromatic carboxylic acids is 1. The molecule has 4 heteroatoms. The molecule has 1 unspecified atom stereocenters. The predicted octanol–water partition coefficient (Wildman–Crippen LogP) is 1.90. The maximum atomic E-state index is 13.5. The zero-order chi connectivity index (χ0) is 11.4. The van der Waals surface area contributed by atoms with Crippen LogP contribution in [-0.2, 0) is 11.2 Å². The average molecular weight is 210 g/mol. The second-order valence-electron chi connectivity index (χ2n) is 3.40. The maximum Gasteiger partial charge on any atom is 0.338 e. The normalized spacial score (nSPS) is 12.1. The third kappa shape index (κ3) is 2.62. The zero-order valence-electron chi connectivity index (χ0n) is 8.24. The largest absolute Gasteiger partial charge is 0.478 e. The molecule has 15 heavy (non-hydrogen) atoms. The molecule has 0 heterocycles. The van der Waals surface area contributed by atoms with Crippen LogP contribution in [0.4, 0.5) is 4.39 Å². The van der Waals surface area contributed by atoms with Crippen LogP contribution in [0.1, 0.15) is 22.8 Å². The zero-order valence-corrected chi connectivity index (χ0v) is 8.24. The summed E-state index contributed by atoms with van der Waals surface area (Å²) in [5.74, 6) is -2.37. The van der Waals surface area contributed by atoms with Crippen LogP contribution in [0.2, 0.25) is 0 Å². The van der Waals surface area contributed by atoms with Crippen molar-refractivity contribution in [1.82, 2.24) is 0 Å². The Labute approximate surface area is 86.5 Å². The first-order valence-electron chi connectivity index (χ1n) is 4.52. The molecular weight excluding hydrogens is 199 g/mol. The van der Waals surface area contributed by atoms with Gasteiger partial charge in [0.1, 0.15) is 12.1 Å². The van der Waals surface area contributed by atoms with Crippen molar-refractivity contribution in [1.29, 1.82) is 0 Å². The average Bonchev–Trinajstić information content (AvgIpc) is 2.20. The van der Waals surface area contributed by atoms with E-state index in [0.717, 1.165) is 0 Å². The van der Waals surface area contributed by atoms with Gasteiger partial charge < -0.3 is 9.90 Å². The first-order valence-corrected chi connectivity index (χ1v) is 4.52. The van der Waals surface area contributed by atoms with E-state index in [9.17, 15) is 14.0 Å². The van der Waals surface area contributed by atoms with Gasteiger partial charge in [0, 0.05) is 5.92 Å². The van der Waals surface area contributed by atoms with E-state index in [1.165, 1.54) is 18.2 Å². The molecule has 0 aliphatic carbocycles. The summed E-state index contributed by atoms with van der Waals surface area (Å²) in [4.78, 5) is 21.0. The van der Waals surface area contributed by atoms with E-state index in [4.69, 9.17) is 5.11 Å². The van der Waals surface area contributed by atoms with E-state index in [2.05, 4.69) is 0 Å². The Morgan fingerprint density at radius 1 is 1.60 bits per heavy atom. The van der Waals surface area contributed by atoms with Gasteiger partial charge in [-0.3, -0.25) is 0 Å². The Hall–Kier alpha value is -1.71. The molecule has 1 N–H and O–H groups in total. The number of carbonyl (C=O) groups is 2. The van der Waals surface area contributed by atoms with Crippen molar-refractivity contribution in [3.05, 3.63) is 35.1 Å². The number of carboxylic acids is 1. The number of halogens is 1. The lowest BCUT2D eigenvalue weighted by atomic mass is 10.00. The third-order valence-electron chi connectivity index (χ3n) is 2.08. The minimum absolute atomic E-state index is 0.219. The van der Waals surface area contributed by atoms with E-state index in [0.29, 0.717) is 6.29 Å². The van der Waals surface area contributed by atoms with Gasteiger partial charge in [0.15, 0.2) is 0 Å². The van der Waals surface area contributed by atoms with E-state index >= 15 is 0 Å². The molecule has 0 aliphatic rings. The van der Waals surface area contributed by atoms with Gasteiger partial charge >= 0.3 is 5.97 Å². The molecule has 1 rings (SSSR count). The van der Waals surface area contributed by atoms with E-state index in [1.807, 2.05) is 0 Å². The fourth-order valence-corrected chi connectivity index (χ4v) is 1.30. The molecule has 3 nitrogen and oxygen atoms in total. The van der Waals surface area contributed by atoms with Crippen LogP contribution < -0.4 is 0 Å². The highest BCUT2D eigenvalue weighted by atomic mass is 19.1. The number of hydrogen-bond donors (Lipinski definition) is 1. The van der Waals surface area contributed by atoms with Gasteiger partial charge in [0.25, 0.3) is 0 Å². The molecule has 1 aromatic carbocycles. The molecule has 0 amide bonds. The second kappa shape index (κ2) is 4.68. The third-order valence-corrected chi connectivity index (χ3v) is 2.08. The number of aldehydes is 1. The maximum absolute atomic E-state index is 13.5. The van der Waals surface area contributed by atoms with Crippen molar-refractivity contribution in [3.63, 3.8) is 0 Å². The molecule has 80 valence electrons. The summed E-state index contributed by atoms with van der Waals surface area (Å²) in [7, 11) is 0. The van der Waals surface area contributed by atoms with Crippen molar-refractivity contribution in [3.8, 4) is 0 Å². The van der Waals surface area contributed by atoms with Gasteiger partial charge in [0.05, 0.1) is 5.56 Å². The summed E-state index contributed by atoms with van der Waals surface area (Å²) in [5, 5.41) is 8.67. The highest BCUT2D eigenvalue weighted by Gasteiger charge is 2.14. The summed E-state index contributed by atoms with van der Waals surface area (Å²) in [6, 6.07) is 4.16. The first kappa shape index (κ1) is 11.4. The first-order chi connectivity index (χ1) is 7.06. The molecule has 0 saturated carbocycles. The molecule has 0 radical (unpaired) electrons. The standard InChI is InChI=1S/C11H11FO3/c1-7(6-13)5-8-3-2-4-9(10(8)12)11(14)15/h2-4,6-7H,5H2,1H3,(H,14,15). The summed E-state index contributed by atoms with van der Waals surface area (Å²) >= 11 is 0. The molecule has 0 aromatic heterocycles. The van der Waals surface area contributed by atoms with Gasteiger partial charge in [-0.15, -0.1) is 0 Å². The molecule has 1 atom stereocenters. The van der Waals surface area contributed by atoms with Gasteiger partial charge in [-0.1, -0.05) is 19.1 Å². The number of carbonyl (C=O) groups excluding carboxylic acids is 1. The summed E-state index contributed by atoms with van der Waals surface area (Å²) < 4.78 is 13.5. The summed E-state index contributed by atoms with van der Waals surface area (Å²) in [6.45, 7) is 1.65. The van der Waals surface area contributed by atoms with E-state index in [1.54, 1.807) is 6.92 Å². The predicted molar refractivity (Wildman–Crippen MR) is 52.3 cm³/mol. The van der Waals surface area contributed by atoms with Crippen LogP contribution in [0.15, 0.2) is 18.2 Å². The molecule has 0 saturated heterocycles. The van der Waals surface area contributed by atoms with Crippen molar-refractivity contribution in [2.45, 2.75) is 13.3 Å². The Kier molecular flexibility index (Phi) is 3.55. The lowest BCUT2D eigenvalue weighted by Crippen LogP contribution is -2.07. The van der Waals surface area contributed by atoms with Crippen LogP contribution in [-0.4, -0.2) is 17.4 Å². The van der Waals surface area contributed by atoms with Crippen LogP contribution in [0.25, 0.3) is 0 Å². The second-order valence-corrected chi connectivity index (χ2v) is 3.40. The van der Waals surface area contributed by atoms with Crippen molar-refractivity contribution in [2.24, 2.45) is 5.92 Å². The SMILES string of the molecule is CC(C=O)Cc1cccc(C(=O)O)c1F. The van der Waals surface area contributed by atoms with Gasteiger partial charge in [0.2, 0.25) is 0 Å². The minimum atomic E-state index is -1.30. The minimum Gasteiger partial charge on any atom is -0.478 e. The number of carboxylic acid groups (broad SMARTS) is 1. The van der Waals surface area contributed by atoms with Gasteiger partial charge in [-0.25, -0.2) is 9.18 Å². The topological polar surface area (TPSA) is 54.4 Å². The van der Waals surface area contributed by atoms with Crippen molar-refractivity contribution >= 4 is 12.3 Å². The smallest absolute Gasteiger partial charge is 0.338 e. The van der Waals surface area contributed by atoms with Crippen LogP contribution in [0, 0.1) is 11.7 Å². The summed E-state index contributed by atoms with van der Waals surface area (Å²) in [5.41, 5.74) is -0.0971. The quantitative estimate of drug-likeness (QED) is 0.772. The molecule has 0 spiro atoms. The highest BCUT2D eigenvalue weighted by molar-refractivity contribution is 5.88. The monoisotopic (exact) mass is 210 g/mol. The Balaban J connectivity index is 3.04. The van der Waals surface area contributed by atoms with Crippen LogP contribution in [0.3, 0.4) is 0 Å². The molecule has 0 aliphatic heterocycles. The Morgan fingerprint density at radius 2 is 2.27 bits per heavy atom. The summed E-state index contributed by atoms with van der Waals surface area (Å²) in [6.07, 6.45) is 0.934. The Morgan fingerprint density at radius 3 is 2.80 bits per heavy atom. The van der Waals surface area contributed by atoms with Crippen LogP contribution in [0.5, 0.6) is 0 Å². The lowest BCUT2D eigenvalue weighted by molar-refractivity contribution is -0.110. The number of rotatable bonds is 4. The molecule has 1 aromatic rings. The number of hydrogen-bond acceptors (Lipinski definition) is 2. The fourth-order valence-electron chi connectivity index (χ4n) is 1.30. The molecule has 0 bridgehead atoms. The van der Waals surface area contributed by atoms with E-state index in [-0.39, 0.29) is 23.5 Å². The van der Waals surface area contributed by atoms with Crippen molar-refractivity contribution < 1.29 is 19.1 Å². The lowest BCUT2D eigenvalue weighted by Gasteiger charge is -2.06. The van der Waals surface area contributed by atoms with Gasteiger partial charge in [-0.05, 0) is 18.1 Å². The molecule has 0 fully saturated rings.